The summed E-state index contributed by atoms with van der Waals surface area (Å²) in [5.41, 5.74) is 4.94. The molecule has 1 rings (SSSR count). The average Bonchev–Trinajstić information content (AvgIpc) is 2.19. The van der Waals surface area contributed by atoms with Gasteiger partial charge in [-0.3, -0.25) is 4.79 Å². The molecule has 1 atom stereocenters. The predicted molar refractivity (Wildman–Crippen MR) is 70.2 cm³/mol. The Hall–Kier alpha value is -0.640. The number of nitrogens with two attached hydrogens (primary N) is 1. The molecular formula is C12H22N2OS. The maximum Gasteiger partial charge on any atom is 0.232 e. The van der Waals surface area contributed by atoms with Crippen molar-refractivity contribution in [2.45, 2.75) is 46.0 Å². The molecule has 0 heterocycles. The molecule has 0 aromatic heterocycles. The van der Waals surface area contributed by atoms with E-state index in [1.165, 1.54) is 19.3 Å². The minimum absolute atomic E-state index is 0.0261. The van der Waals surface area contributed by atoms with Gasteiger partial charge in [0.05, 0.1) is 10.4 Å². The summed E-state index contributed by atoms with van der Waals surface area (Å²) in [6.45, 7) is 4.50. The van der Waals surface area contributed by atoms with E-state index in [4.69, 9.17) is 18.0 Å². The molecule has 0 saturated heterocycles. The Morgan fingerprint density at radius 2 is 2.19 bits per heavy atom. The van der Waals surface area contributed by atoms with E-state index in [0.717, 1.165) is 18.9 Å². The van der Waals surface area contributed by atoms with E-state index >= 15 is 0 Å². The van der Waals surface area contributed by atoms with Crippen molar-refractivity contribution < 1.29 is 4.79 Å². The minimum atomic E-state index is -0.686. The molecule has 1 fully saturated rings. The van der Waals surface area contributed by atoms with Crippen LogP contribution >= 0.6 is 12.2 Å². The van der Waals surface area contributed by atoms with E-state index in [0.29, 0.717) is 6.42 Å². The van der Waals surface area contributed by atoms with E-state index in [1.807, 2.05) is 13.8 Å². The molecule has 3 N–H and O–H groups in total. The topological polar surface area (TPSA) is 55.1 Å². The number of nitrogens with one attached hydrogen (secondary N) is 1. The summed E-state index contributed by atoms with van der Waals surface area (Å²) in [5.74, 6) is 0.792. The first-order valence-corrected chi connectivity index (χ1v) is 6.49. The number of thiocarbonyl (C=S) groups is 1. The molecule has 0 aromatic carbocycles. The molecule has 16 heavy (non-hydrogen) atoms. The monoisotopic (exact) mass is 242 g/mol. The van der Waals surface area contributed by atoms with Crippen molar-refractivity contribution in [3.8, 4) is 0 Å². The van der Waals surface area contributed by atoms with Gasteiger partial charge in [-0.05, 0) is 25.7 Å². The lowest BCUT2D eigenvalue weighted by Gasteiger charge is -2.28. The molecule has 0 spiro atoms. The van der Waals surface area contributed by atoms with Gasteiger partial charge in [0.15, 0.2) is 0 Å². The number of amides is 1. The Morgan fingerprint density at radius 1 is 1.56 bits per heavy atom. The van der Waals surface area contributed by atoms with Crippen molar-refractivity contribution in [1.29, 1.82) is 0 Å². The van der Waals surface area contributed by atoms with Gasteiger partial charge in [0.25, 0.3) is 0 Å². The Labute approximate surface area is 103 Å². The summed E-state index contributed by atoms with van der Waals surface area (Å²) in [6.07, 6.45) is 5.71. The first-order valence-electron chi connectivity index (χ1n) is 6.09. The van der Waals surface area contributed by atoms with Crippen LogP contribution in [-0.4, -0.2) is 17.4 Å². The molecule has 1 saturated carbocycles. The zero-order chi connectivity index (χ0) is 12.2. The van der Waals surface area contributed by atoms with Gasteiger partial charge in [-0.2, -0.15) is 0 Å². The molecule has 92 valence electrons. The number of hydrogen-bond donors (Lipinski definition) is 2. The normalized spacial score (nSPS) is 19.6. The van der Waals surface area contributed by atoms with Crippen LogP contribution in [0.4, 0.5) is 0 Å². The Morgan fingerprint density at radius 3 is 2.56 bits per heavy atom. The molecule has 0 aliphatic heterocycles. The lowest BCUT2D eigenvalue weighted by molar-refractivity contribution is -0.127. The molecule has 1 amide bonds. The van der Waals surface area contributed by atoms with Gasteiger partial charge in [0, 0.05) is 6.54 Å². The Bertz CT molecular complexity index is 276. The maximum absolute atomic E-state index is 11.9. The van der Waals surface area contributed by atoms with E-state index < -0.39 is 5.41 Å². The van der Waals surface area contributed by atoms with Crippen LogP contribution in [0.2, 0.25) is 0 Å². The third kappa shape index (κ3) is 2.94. The van der Waals surface area contributed by atoms with Crippen LogP contribution in [0, 0.1) is 11.3 Å². The Kier molecular flexibility index (Phi) is 4.71. The van der Waals surface area contributed by atoms with Gasteiger partial charge in [-0.25, -0.2) is 0 Å². The molecule has 1 unspecified atom stereocenters. The average molecular weight is 242 g/mol. The summed E-state index contributed by atoms with van der Waals surface area (Å²) < 4.78 is 0. The fourth-order valence-electron chi connectivity index (χ4n) is 1.81. The third-order valence-corrected chi connectivity index (χ3v) is 4.27. The molecule has 1 aliphatic carbocycles. The van der Waals surface area contributed by atoms with Crippen molar-refractivity contribution >= 4 is 23.1 Å². The van der Waals surface area contributed by atoms with Crippen LogP contribution in [0.1, 0.15) is 46.0 Å². The predicted octanol–water partition coefficient (Wildman–Crippen LogP) is 2.00. The summed E-state index contributed by atoms with van der Waals surface area (Å²) >= 11 is 4.96. The van der Waals surface area contributed by atoms with Gasteiger partial charge >= 0.3 is 0 Å². The molecule has 0 aromatic rings. The fraction of sp³-hybridized carbons (Fsp3) is 0.833. The van der Waals surface area contributed by atoms with E-state index in [2.05, 4.69) is 5.32 Å². The van der Waals surface area contributed by atoms with Crippen LogP contribution in [0.5, 0.6) is 0 Å². The summed E-state index contributed by atoms with van der Waals surface area (Å²) in [4.78, 5) is 12.2. The van der Waals surface area contributed by atoms with Gasteiger partial charge in [0.2, 0.25) is 5.91 Å². The molecule has 4 heteroatoms. The zero-order valence-corrected chi connectivity index (χ0v) is 11.0. The first-order chi connectivity index (χ1) is 7.50. The highest BCUT2D eigenvalue weighted by atomic mass is 32.1. The SMILES string of the molecule is CCC(C)(C(=O)NCCC1CCC1)C(N)=S. The molecule has 0 bridgehead atoms. The second-order valence-electron chi connectivity index (χ2n) is 4.89. The Balaban J connectivity index is 2.34. The van der Waals surface area contributed by atoms with E-state index in [-0.39, 0.29) is 10.9 Å². The molecule has 1 aliphatic rings. The van der Waals surface area contributed by atoms with E-state index in [1.54, 1.807) is 0 Å². The number of hydrogen-bond acceptors (Lipinski definition) is 2. The number of rotatable bonds is 6. The maximum atomic E-state index is 11.9. The van der Waals surface area contributed by atoms with Crippen molar-refractivity contribution in [1.82, 2.24) is 5.32 Å². The minimum Gasteiger partial charge on any atom is -0.392 e. The van der Waals surface area contributed by atoms with Crippen molar-refractivity contribution in [3.05, 3.63) is 0 Å². The third-order valence-electron chi connectivity index (χ3n) is 3.81. The molecule has 3 nitrogen and oxygen atoms in total. The highest BCUT2D eigenvalue weighted by Gasteiger charge is 2.34. The molecule has 0 radical (unpaired) electrons. The summed E-state index contributed by atoms with van der Waals surface area (Å²) in [5, 5.41) is 2.95. The van der Waals surface area contributed by atoms with Crippen LogP contribution in [0.25, 0.3) is 0 Å². The van der Waals surface area contributed by atoms with E-state index in [9.17, 15) is 4.79 Å². The van der Waals surface area contributed by atoms with Gasteiger partial charge in [0.1, 0.15) is 0 Å². The van der Waals surface area contributed by atoms with Crippen molar-refractivity contribution in [2.75, 3.05) is 6.54 Å². The van der Waals surface area contributed by atoms with Crippen LogP contribution in [-0.2, 0) is 4.79 Å². The van der Waals surface area contributed by atoms with Gasteiger partial charge in [-0.15, -0.1) is 0 Å². The zero-order valence-electron chi connectivity index (χ0n) is 10.2. The van der Waals surface area contributed by atoms with Gasteiger partial charge in [-0.1, -0.05) is 38.4 Å². The largest absolute Gasteiger partial charge is 0.392 e. The standard InChI is InChI=1S/C12H22N2OS/c1-3-12(2,10(13)16)11(15)14-8-7-9-5-4-6-9/h9H,3-8H2,1-2H3,(H2,13,16)(H,14,15). The highest BCUT2D eigenvalue weighted by Crippen LogP contribution is 2.29. The summed E-state index contributed by atoms with van der Waals surface area (Å²) in [6, 6.07) is 0. The number of carbonyl (C=O) groups excluding carboxylic acids is 1. The van der Waals surface area contributed by atoms with Crippen LogP contribution in [0.3, 0.4) is 0 Å². The molecular weight excluding hydrogens is 220 g/mol. The van der Waals surface area contributed by atoms with Crippen LogP contribution < -0.4 is 11.1 Å². The lowest BCUT2D eigenvalue weighted by Crippen LogP contribution is -2.47. The summed E-state index contributed by atoms with van der Waals surface area (Å²) in [7, 11) is 0. The lowest BCUT2D eigenvalue weighted by atomic mass is 9.82. The van der Waals surface area contributed by atoms with Crippen molar-refractivity contribution in [2.24, 2.45) is 17.1 Å². The quantitative estimate of drug-likeness (QED) is 0.700. The first kappa shape index (κ1) is 13.4. The second-order valence-corrected chi connectivity index (χ2v) is 5.33. The highest BCUT2D eigenvalue weighted by molar-refractivity contribution is 7.80. The fourth-order valence-corrected chi connectivity index (χ4v) is 2.05. The van der Waals surface area contributed by atoms with Crippen molar-refractivity contribution in [3.63, 3.8) is 0 Å². The van der Waals surface area contributed by atoms with Gasteiger partial charge < -0.3 is 11.1 Å². The number of carbonyl (C=O) groups is 1. The smallest absolute Gasteiger partial charge is 0.232 e. The van der Waals surface area contributed by atoms with Crippen LogP contribution in [0.15, 0.2) is 0 Å². The second kappa shape index (κ2) is 5.62.